The molecule has 0 radical (unpaired) electrons. The molecule has 0 aromatic heterocycles. The average molecular weight is 646 g/mol. The molecule has 5 aromatic rings. The van der Waals surface area contributed by atoms with E-state index in [-0.39, 0.29) is 11.6 Å². The molecule has 3 amide bonds. The molecule has 46 heavy (non-hydrogen) atoms. The van der Waals surface area contributed by atoms with Crippen LogP contribution < -0.4 is 16.0 Å². The maximum atomic E-state index is 13.7. The maximum absolute atomic E-state index is 13.7. The van der Waals surface area contributed by atoms with Gasteiger partial charge >= 0.3 is 0 Å². The number of rotatable bonds is 10. The summed E-state index contributed by atoms with van der Waals surface area (Å²) in [6, 6.07) is 38.4. The van der Waals surface area contributed by atoms with Gasteiger partial charge < -0.3 is 16.0 Å². The Hall–Kier alpha value is -5.11. The van der Waals surface area contributed by atoms with Crippen LogP contribution in [0.1, 0.15) is 37.9 Å². The second-order valence-corrected chi connectivity index (χ2v) is 12.3. The molecule has 0 aliphatic carbocycles. The van der Waals surface area contributed by atoms with Gasteiger partial charge in [-0.05, 0) is 96.8 Å². The summed E-state index contributed by atoms with van der Waals surface area (Å²) in [5, 5.41) is 8.66. The first kappa shape index (κ1) is 32.3. The number of anilines is 2. The van der Waals surface area contributed by atoms with Crippen molar-refractivity contribution in [1.29, 1.82) is 0 Å². The van der Waals surface area contributed by atoms with Crippen molar-refractivity contribution < 1.29 is 14.4 Å². The standard InChI is InChI=1S/C38H32ClN3O3S/c1-25-19-26(2)21-32(20-25)41-38(45)35(28-12-5-3-6-13-28)46-33-18-10-17-31(24-33)40-37(44)34(23-27-11-9-16-30(39)22-27)42-36(43)29-14-7-4-8-15-29/h3-24,35H,1-2H3,(H,40,44)(H,41,45)(H,42,43)/b34-23-. The summed E-state index contributed by atoms with van der Waals surface area (Å²) in [6.07, 6.45) is 1.57. The Balaban J connectivity index is 1.38. The lowest BCUT2D eigenvalue weighted by atomic mass is 10.1. The zero-order valence-electron chi connectivity index (χ0n) is 25.3. The van der Waals surface area contributed by atoms with Crippen LogP contribution in [0.3, 0.4) is 0 Å². The van der Waals surface area contributed by atoms with E-state index in [9.17, 15) is 14.4 Å². The third-order valence-corrected chi connectivity index (χ3v) is 8.35. The number of halogens is 1. The fraction of sp³-hybridized carbons (Fsp3) is 0.0789. The van der Waals surface area contributed by atoms with Gasteiger partial charge in [0.05, 0.1) is 0 Å². The first-order chi connectivity index (χ1) is 22.2. The number of hydrogen-bond donors (Lipinski definition) is 3. The predicted molar refractivity (Wildman–Crippen MR) is 188 cm³/mol. The molecule has 0 saturated carbocycles. The van der Waals surface area contributed by atoms with Gasteiger partial charge in [-0.2, -0.15) is 0 Å². The van der Waals surface area contributed by atoms with Crippen molar-refractivity contribution in [2.45, 2.75) is 24.0 Å². The summed E-state index contributed by atoms with van der Waals surface area (Å²) >= 11 is 7.55. The minimum atomic E-state index is -0.559. The molecule has 1 unspecified atom stereocenters. The van der Waals surface area contributed by atoms with Crippen molar-refractivity contribution in [3.05, 3.63) is 166 Å². The first-order valence-corrected chi connectivity index (χ1v) is 15.8. The Morgan fingerprint density at radius 1 is 0.696 bits per heavy atom. The molecule has 230 valence electrons. The minimum absolute atomic E-state index is 0.0455. The number of amides is 3. The summed E-state index contributed by atoms with van der Waals surface area (Å²) in [6.45, 7) is 3.99. The van der Waals surface area contributed by atoms with Gasteiger partial charge in [-0.25, -0.2) is 0 Å². The molecule has 6 nitrogen and oxygen atoms in total. The Morgan fingerprint density at radius 2 is 1.37 bits per heavy atom. The summed E-state index contributed by atoms with van der Waals surface area (Å²) in [5.41, 5.74) is 5.32. The van der Waals surface area contributed by atoms with Crippen LogP contribution in [-0.4, -0.2) is 17.7 Å². The number of carbonyl (C=O) groups is 3. The van der Waals surface area contributed by atoms with Crippen molar-refractivity contribution in [2.24, 2.45) is 0 Å². The second-order valence-electron chi connectivity index (χ2n) is 10.7. The summed E-state index contributed by atoms with van der Waals surface area (Å²) in [5.74, 6) is -1.10. The van der Waals surface area contributed by atoms with Gasteiger partial charge in [0.2, 0.25) is 5.91 Å². The van der Waals surface area contributed by atoms with Gasteiger partial charge in [-0.3, -0.25) is 14.4 Å². The molecule has 0 bridgehead atoms. The molecule has 5 aromatic carbocycles. The van der Waals surface area contributed by atoms with E-state index in [2.05, 4.69) is 22.0 Å². The lowest BCUT2D eigenvalue weighted by Crippen LogP contribution is -2.30. The molecule has 0 spiro atoms. The number of benzene rings is 5. The van der Waals surface area contributed by atoms with E-state index in [1.165, 1.54) is 11.8 Å². The third kappa shape index (κ3) is 8.97. The Labute approximate surface area is 277 Å². The largest absolute Gasteiger partial charge is 0.325 e. The van der Waals surface area contributed by atoms with Crippen molar-refractivity contribution in [3.8, 4) is 0 Å². The van der Waals surface area contributed by atoms with E-state index < -0.39 is 17.1 Å². The number of thioether (sulfide) groups is 1. The van der Waals surface area contributed by atoms with Gasteiger partial charge in [-0.15, -0.1) is 11.8 Å². The molecular formula is C38H32ClN3O3S. The molecule has 5 rings (SSSR count). The summed E-state index contributed by atoms with van der Waals surface area (Å²) in [4.78, 5) is 41.0. The van der Waals surface area contributed by atoms with Crippen LogP contribution in [0, 0.1) is 13.8 Å². The van der Waals surface area contributed by atoms with Gasteiger partial charge in [0.1, 0.15) is 10.9 Å². The highest BCUT2D eigenvalue weighted by molar-refractivity contribution is 8.00. The van der Waals surface area contributed by atoms with Crippen LogP contribution in [0.15, 0.2) is 138 Å². The van der Waals surface area contributed by atoms with Crippen molar-refractivity contribution >= 4 is 58.5 Å². The monoisotopic (exact) mass is 645 g/mol. The van der Waals surface area contributed by atoms with E-state index in [1.807, 2.05) is 74.5 Å². The quantitative estimate of drug-likeness (QED) is 0.105. The zero-order valence-corrected chi connectivity index (χ0v) is 26.9. The molecule has 0 heterocycles. The highest BCUT2D eigenvalue weighted by Gasteiger charge is 2.23. The normalized spacial score (nSPS) is 11.8. The fourth-order valence-corrected chi connectivity index (χ4v) is 6.12. The van der Waals surface area contributed by atoms with Crippen LogP contribution >= 0.6 is 23.4 Å². The highest BCUT2D eigenvalue weighted by atomic mass is 35.5. The Bertz CT molecular complexity index is 1870. The fourth-order valence-electron chi connectivity index (χ4n) is 4.84. The minimum Gasteiger partial charge on any atom is -0.325 e. The van der Waals surface area contributed by atoms with Gasteiger partial charge in [0.15, 0.2) is 0 Å². The van der Waals surface area contributed by atoms with E-state index >= 15 is 0 Å². The molecule has 1 atom stereocenters. The van der Waals surface area contributed by atoms with E-state index in [0.717, 1.165) is 27.3 Å². The molecule has 0 fully saturated rings. The van der Waals surface area contributed by atoms with Crippen molar-refractivity contribution in [1.82, 2.24) is 5.32 Å². The van der Waals surface area contributed by atoms with Crippen LogP contribution in [0.4, 0.5) is 11.4 Å². The van der Waals surface area contributed by atoms with Gasteiger partial charge in [0.25, 0.3) is 11.8 Å². The smallest absolute Gasteiger partial charge is 0.272 e. The van der Waals surface area contributed by atoms with E-state index in [4.69, 9.17) is 11.6 Å². The lowest BCUT2D eigenvalue weighted by Gasteiger charge is -2.18. The van der Waals surface area contributed by atoms with Crippen LogP contribution in [-0.2, 0) is 9.59 Å². The predicted octanol–water partition coefficient (Wildman–Crippen LogP) is 8.84. The van der Waals surface area contributed by atoms with E-state index in [0.29, 0.717) is 21.8 Å². The molecule has 3 N–H and O–H groups in total. The Kier molecular flexibility index (Phi) is 10.7. The maximum Gasteiger partial charge on any atom is 0.272 e. The number of aryl methyl sites for hydroxylation is 2. The molecule has 0 aliphatic rings. The number of nitrogens with one attached hydrogen (secondary N) is 3. The molecule has 8 heteroatoms. The highest BCUT2D eigenvalue weighted by Crippen LogP contribution is 2.37. The Morgan fingerprint density at radius 3 is 2.07 bits per heavy atom. The van der Waals surface area contributed by atoms with Gasteiger partial charge in [-0.1, -0.05) is 84.4 Å². The van der Waals surface area contributed by atoms with Crippen LogP contribution in [0.5, 0.6) is 0 Å². The third-order valence-electron chi connectivity index (χ3n) is 6.86. The zero-order chi connectivity index (χ0) is 32.5. The van der Waals surface area contributed by atoms with Crippen molar-refractivity contribution in [3.63, 3.8) is 0 Å². The summed E-state index contributed by atoms with van der Waals surface area (Å²) < 4.78 is 0. The first-order valence-electron chi connectivity index (χ1n) is 14.6. The van der Waals surface area contributed by atoms with Crippen molar-refractivity contribution in [2.75, 3.05) is 10.6 Å². The van der Waals surface area contributed by atoms with Crippen LogP contribution in [0.2, 0.25) is 5.02 Å². The van der Waals surface area contributed by atoms with Gasteiger partial charge in [0, 0.05) is 26.9 Å². The number of hydrogen-bond acceptors (Lipinski definition) is 4. The topological polar surface area (TPSA) is 87.3 Å². The summed E-state index contributed by atoms with van der Waals surface area (Å²) in [7, 11) is 0. The molecule has 0 saturated heterocycles. The molecular weight excluding hydrogens is 614 g/mol. The molecule has 0 aliphatic heterocycles. The SMILES string of the molecule is Cc1cc(C)cc(NC(=O)C(Sc2cccc(NC(=O)/C(=C/c3cccc(Cl)c3)NC(=O)c3ccccc3)c2)c2ccccc2)c1. The second kappa shape index (κ2) is 15.3. The lowest BCUT2D eigenvalue weighted by molar-refractivity contribution is -0.116. The van der Waals surface area contributed by atoms with Crippen LogP contribution in [0.25, 0.3) is 6.08 Å². The van der Waals surface area contributed by atoms with E-state index in [1.54, 1.807) is 66.7 Å². The average Bonchev–Trinajstić information content (AvgIpc) is 3.04. The number of carbonyl (C=O) groups excluding carboxylic acids is 3.